The van der Waals surface area contributed by atoms with Gasteiger partial charge in [0, 0.05) is 0 Å². The number of para-hydroxylation sites is 4. The van der Waals surface area contributed by atoms with Crippen molar-refractivity contribution in [2.24, 2.45) is 0 Å². The van der Waals surface area contributed by atoms with Crippen molar-refractivity contribution >= 4 is 57.0 Å². The third kappa shape index (κ3) is 12.8. The molecular weight excluding hydrogens is 838 g/mol. The summed E-state index contributed by atoms with van der Waals surface area (Å²) >= 11 is 6.57. The zero-order chi connectivity index (χ0) is 37.0. The molecule has 0 unspecified atom stereocenters. The fourth-order valence-corrected chi connectivity index (χ4v) is 19.9. The van der Waals surface area contributed by atoms with E-state index in [1.165, 1.54) is 0 Å². The van der Waals surface area contributed by atoms with Crippen LogP contribution in [-0.4, -0.2) is 52.8 Å². The van der Waals surface area contributed by atoms with Gasteiger partial charge in [-0.3, -0.25) is 0 Å². The van der Waals surface area contributed by atoms with Crippen LogP contribution in [-0.2, 0) is 9.13 Å². The molecule has 50 heavy (non-hydrogen) atoms. The molecule has 4 aromatic carbocycles. The number of nitrogens with one attached hydrogen (secondary N) is 2. The van der Waals surface area contributed by atoms with Crippen molar-refractivity contribution in [2.75, 3.05) is 0 Å². The van der Waals surface area contributed by atoms with Crippen molar-refractivity contribution in [1.29, 1.82) is 0 Å². The summed E-state index contributed by atoms with van der Waals surface area (Å²) in [5.41, 5.74) is -2.63. The third-order valence-corrected chi connectivity index (χ3v) is 33.6. The number of hydrogen-bond donors (Lipinski definition) is 2. The van der Waals surface area contributed by atoms with Gasteiger partial charge in [0.05, 0.1) is 0 Å². The van der Waals surface area contributed by atoms with Crippen LogP contribution in [0.5, 0.6) is 23.0 Å². The van der Waals surface area contributed by atoms with Crippen LogP contribution < -0.4 is 27.8 Å². The Kier molecular flexibility index (Phi) is 16.6. The van der Waals surface area contributed by atoms with Gasteiger partial charge >= 0.3 is 316 Å². The molecule has 8 nitrogen and oxygen atoms in total. The maximum absolute atomic E-state index is 13.6. The van der Waals surface area contributed by atoms with Gasteiger partial charge in [0.2, 0.25) is 0 Å². The molecule has 272 valence electrons. The van der Waals surface area contributed by atoms with Gasteiger partial charge in [-0.15, -0.1) is 0 Å². The van der Waals surface area contributed by atoms with Crippen molar-refractivity contribution in [3.63, 3.8) is 0 Å². The minimum atomic E-state index is -3.62. The van der Waals surface area contributed by atoms with E-state index in [1.54, 1.807) is 48.5 Å². The summed E-state index contributed by atoms with van der Waals surface area (Å²) in [4.78, 5) is 6.54. The van der Waals surface area contributed by atoms with E-state index >= 15 is 0 Å². The first-order valence-corrected chi connectivity index (χ1v) is 27.8. The van der Waals surface area contributed by atoms with Crippen molar-refractivity contribution < 1.29 is 27.2 Å². The monoisotopic (exact) mass is 890 g/mol. The summed E-state index contributed by atoms with van der Waals surface area (Å²) < 4.78 is 50.6. The fourth-order valence-electron chi connectivity index (χ4n) is 4.64. The molecule has 0 aliphatic carbocycles. The minimum absolute atomic E-state index is 0.291. The molecule has 0 aliphatic rings. The van der Waals surface area contributed by atoms with Gasteiger partial charge in [0.1, 0.15) is 0 Å². The first kappa shape index (κ1) is 42.8. The predicted molar refractivity (Wildman–Crippen MR) is 216 cm³/mol. The summed E-state index contributed by atoms with van der Waals surface area (Å²) in [7, 11) is -7.25. The van der Waals surface area contributed by atoms with Crippen LogP contribution in [0.15, 0.2) is 121 Å². The second-order valence-electron chi connectivity index (χ2n) is 12.6. The van der Waals surface area contributed by atoms with E-state index in [4.69, 9.17) is 18.1 Å². The third-order valence-electron chi connectivity index (χ3n) is 7.50. The second-order valence-corrected chi connectivity index (χ2v) is 31.5. The molecule has 0 radical (unpaired) electrons. The Balaban J connectivity index is 0.000000270. The first-order valence-electron chi connectivity index (χ1n) is 16.5. The molecule has 0 aromatic heterocycles. The average Bonchev–Trinajstić information content (AvgIpc) is 3.06. The number of hydrogen-bond acceptors (Lipinski definition) is 6. The van der Waals surface area contributed by atoms with Crippen LogP contribution in [0, 0.1) is 0 Å². The normalized spacial score (nSPS) is 12.4. The van der Waals surface area contributed by atoms with Gasteiger partial charge in [-0.2, -0.15) is 0 Å². The molecule has 2 N–H and O–H groups in total. The van der Waals surface area contributed by atoms with Crippen molar-refractivity contribution in [3.05, 3.63) is 121 Å². The first-order chi connectivity index (χ1) is 23.5. The topological polar surface area (TPSA) is 95.1 Å². The van der Waals surface area contributed by atoms with Crippen LogP contribution in [0.4, 0.5) is 0 Å². The SMILES string of the molecule is CC(C)P(=[Se])(NP(=O)(Oc1ccccc1)Oc1ccccc1)C(C)C.CC(C)P(=[Se])(NP(=O)(Oc1ccccc1)Oc1ccccc1)C(C)C. The summed E-state index contributed by atoms with van der Waals surface area (Å²) in [5, 5.41) is 0. The second kappa shape index (κ2) is 19.4. The Morgan fingerprint density at radius 2 is 0.580 bits per heavy atom. The van der Waals surface area contributed by atoms with Crippen LogP contribution in [0.25, 0.3) is 0 Å². The summed E-state index contributed by atoms with van der Waals surface area (Å²) in [6, 6.07) is 36.4. The van der Waals surface area contributed by atoms with Crippen molar-refractivity contribution in [2.45, 2.75) is 78.0 Å². The van der Waals surface area contributed by atoms with Crippen LogP contribution in [0.3, 0.4) is 0 Å². The molecule has 0 saturated carbocycles. The quantitative estimate of drug-likeness (QED) is 0.0849. The van der Waals surface area contributed by atoms with E-state index in [0.29, 0.717) is 45.6 Å². The zero-order valence-electron chi connectivity index (χ0n) is 29.9. The Hall–Kier alpha value is -1.64. The molecule has 4 rings (SSSR count). The zero-order valence-corrected chi connectivity index (χ0v) is 36.9. The Morgan fingerprint density at radius 1 is 0.400 bits per heavy atom. The molecule has 4 aromatic rings. The van der Waals surface area contributed by atoms with Crippen LogP contribution in [0.1, 0.15) is 55.4 Å². The van der Waals surface area contributed by atoms with E-state index in [9.17, 15) is 9.13 Å². The molecule has 0 fully saturated rings. The van der Waals surface area contributed by atoms with Crippen molar-refractivity contribution in [1.82, 2.24) is 9.72 Å². The Bertz CT molecular complexity index is 1550. The van der Waals surface area contributed by atoms with Gasteiger partial charge < -0.3 is 0 Å². The summed E-state index contributed by atoms with van der Waals surface area (Å²) in [5.74, 6) is 2.03. The average molecular weight is 889 g/mol. The maximum atomic E-state index is 13.6. The molecule has 0 atom stereocenters. The van der Waals surface area contributed by atoms with Gasteiger partial charge in [-0.25, -0.2) is 0 Å². The molecular formula is C36H50N2O6P4Se2. The fraction of sp³-hybridized carbons (Fsp3) is 0.333. The van der Waals surface area contributed by atoms with E-state index < -0.39 is 26.8 Å². The molecule has 14 heteroatoms. The molecule has 0 spiro atoms. The summed E-state index contributed by atoms with van der Waals surface area (Å²) in [6.07, 6.45) is 0. The van der Waals surface area contributed by atoms with E-state index in [0.717, 1.165) is 0 Å². The number of benzene rings is 4. The van der Waals surface area contributed by atoms with Gasteiger partial charge in [0.15, 0.2) is 0 Å². The summed E-state index contributed by atoms with van der Waals surface area (Å²) in [6.45, 7) is 16.9. The molecule has 0 aliphatic heterocycles. The molecule has 0 saturated heterocycles. The Morgan fingerprint density at radius 3 is 0.740 bits per heavy atom. The van der Waals surface area contributed by atoms with E-state index in [1.807, 2.05) is 72.8 Å². The van der Waals surface area contributed by atoms with E-state index in [2.05, 4.69) is 95.3 Å². The standard InChI is InChI=1S/2C18H25NO3P2Se/c2*1-15(2)23(25,16(3)4)19-24(20,21-17-11-7-5-8-12-17)22-18-13-9-6-10-14-18/h2*5-16H,1-4H3,(H,19,20,25). The van der Waals surface area contributed by atoms with Crippen LogP contribution >= 0.6 is 26.8 Å². The molecule has 0 heterocycles. The number of rotatable bonds is 16. The molecule has 0 bridgehead atoms. The predicted octanol–water partition coefficient (Wildman–Crippen LogP) is 11.3. The van der Waals surface area contributed by atoms with Gasteiger partial charge in [0.25, 0.3) is 0 Å². The van der Waals surface area contributed by atoms with Crippen LogP contribution in [0.2, 0.25) is 0 Å². The molecule has 0 amide bonds. The van der Waals surface area contributed by atoms with E-state index in [-0.39, 0.29) is 0 Å². The van der Waals surface area contributed by atoms with Gasteiger partial charge in [-0.1, -0.05) is 0 Å². The Labute approximate surface area is 314 Å². The van der Waals surface area contributed by atoms with Crippen molar-refractivity contribution in [3.8, 4) is 23.0 Å². The van der Waals surface area contributed by atoms with Gasteiger partial charge in [-0.05, 0) is 0 Å².